The van der Waals surface area contributed by atoms with Gasteiger partial charge in [-0.15, -0.1) is 12.4 Å². The minimum atomic E-state index is -0.0998. The molecule has 0 radical (unpaired) electrons. The van der Waals surface area contributed by atoms with Gasteiger partial charge in [-0.25, -0.2) is 0 Å². The number of halogens is 1. The van der Waals surface area contributed by atoms with Crippen LogP contribution in [0.15, 0.2) is 24.3 Å². The van der Waals surface area contributed by atoms with Crippen LogP contribution < -0.4 is 11.1 Å². The lowest BCUT2D eigenvalue weighted by molar-refractivity contribution is -0.130. The number of anilines is 1. The lowest BCUT2D eigenvalue weighted by Gasteiger charge is -2.20. The van der Waals surface area contributed by atoms with Crippen LogP contribution in [0.1, 0.15) is 42.5 Å². The monoisotopic (exact) mass is 325 g/mol. The molecule has 1 aliphatic rings. The quantitative estimate of drug-likeness (QED) is 0.644. The van der Waals surface area contributed by atoms with E-state index in [1.54, 1.807) is 24.3 Å². The average molecular weight is 326 g/mol. The molecule has 122 valence electrons. The van der Waals surface area contributed by atoms with E-state index in [0.29, 0.717) is 24.2 Å². The molecule has 6 heteroatoms. The molecule has 0 aromatic heterocycles. The summed E-state index contributed by atoms with van der Waals surface area (Å²) in [6.07, 6.45) is 4.67. The van der Waals surface area contributed by atoms with Crippen molar-refractivity contribution in [1.82, 2.24) is 10.2 Å². The second-order valence-electron chi connectivity index (χ2n) is 5.42. The molecule has 1 saturated heterocycles. The van der Waals surface area contributed by atoms with Gasteiger partial charge in [0, 0.05) is 37.3 Å². The first-order valence-electron chi connectivity index (χ1n) is 7.58. The Kier molecular flexibility index (Phi) is 7.74. The van der Waals surface area contributed by atoms with Gasteiger partial charge in [0.25, 0.3) is 5.91 Å². The van der Waals surface area contributed by atoms with Crippen LogP contribution in [-0.2, 0) is 4.79 Å². The molecule has 1 aromatic rings. The number of carbonyl (C=O) groups is 2. The van der Waals surface area contributed by atoms with E-state index < -0.39 is 0 Å². The van der Waals surface area contributed by atoms with Gasteiger partial charge in [0.1, 0.15) is 0 Å². The topological polar surface area (TPSA) is 75.4 Å². The van der Waals surface area contributed by atoms with Crippen molar-refractivity contribution in [3.05, 3.63) is 29.8 Å². The van der Waals surface area contributed by atoms with Crippen LogP contribution in [0.4, 0.5) is 5.69 Å². The van der Waals surface area contributed by atoms with Crippen LogP contribution in [-0.4, -0.2) is 36.3 Å². The number of hydrogen-bond donors (Lipinski definition) is 2. The summed E-state index contributed by atoms with van der Waals surface area (Å²) in [5.74, 6) is 0.148. The van der Waals surface area contributed by atoms with Crippen LogP contribution in [0.5, 0.6) is 0 Å². The maximum atomic E-state index is 11.9. The van der Waals surface area contributed by atoms with E-state index in [1.807, 2.05) is 4.90 Å². The minimum Gasteiger partial charge on any atom is -0.399 e. The van der Waals surface area contributed by atoms with Crippen LogP contribution in [0, 0.1) is 0 Å². The maximum Gasteiger partial charge on any atom is 0.251 e. The molecule has 22 heavy (non-hydrogen) atoms. The fraction of sp³-hybridized carbons (Fsp3) is 0.500. The van der Waals surface area contributed by atoms with Gasteiger partial charge >= 0.3 is 0 Å². The second-order valence-corrected chi connectivity index (χ2v) is 5.42. The van der Waals surface area contributed by atoms with Crippen molar-refractivity contribution in [3.63, 3.8) is 0 Å². The second kappa shape index (κ2) is 9.30. The fourth-order valence-electron chi connectivity index (χ4n) is 2.48. The normalized spacial score (nSPS) is 14.9. The molecule has 5 nitrogen and oxygen atoms in total. The number of nitrogen functional groups attached to an aromatic ring is 1. The van der Waals surface area contributed by atoms with Crippen LogP contribution >= 0.6 is 12.4 Å². The van der Waals surface area contributed by atoms with Gasteiger partial charge in [0.15, 0.2) is 0 Å². The van der Waals surface area contributed by atoms with Gasteiger partial charge in [0.2, 0.25) is 5.91 Å². The lowest BCUT2D eigenvalue weighted by Crippen LogP contribution is -2.34. The summed E-state index contributed by atoms with van der Waals surface area (Å²) < 4.78 is 0. The van der Waals surface area contributed by atoms with Crippen LogP contribution in [0.3, 0.4) is 0 Å². The summed E-state index contributed by atoms with van der Waals surface area (Å²) >= 11 is 0. The van der Waals surface area contributed by atoms with Crippen molar-refractivity contribution in [2.45, 2.75) is 32.1 Å². The maximum absolute atomic E-state index is 11.9. The Morgan fingerprint density at radius 1 is 1.18 bits per heavy atom. The van der Waals surface area contributed by atoms with Gasteiger partial charge in [-0.2, -0.15) is 0 Å². The molecule has 1 aliphatic heterocycles. The van der Waals surface area contributed by atoms with Crippen LogP contribution in [0.25, 0.3) is 0 Å². The Labute approximate surface area is 137 Å². The summed E-state index contributed by atoms with van der Waals surface area (Å²) in [4.78, 5) is 25.6. The van der Waals surface area contributed by atoms with Crippen molar-refractivity contribution < 1.29 is 9.59 Å². The first-order chi connectivity index (χ1) is 10.2. The van der Waals surface area contributed by atoms with E-state index >= 15 is 0 Å². The molecule has 0 aliphatic carbocycles. The highest BCUT2D eigenvalue weighted by Gasteiger charge is 2.15. The van der Waals surface area contributed by atoms with Gasteiger partial charge in [0.05, 0.1) is 0 Å². The van der Waals surface area contributed by atoms with Crippen molar-refractivity contribution in [2.75, 3.05) is 25.4 Å². The molecule has 2 amide bonds. The lowest BCUT2D eigenvalue weighted by atomic mass is 10.2. The number of nitrogens with one attached hydrogen (secondary N) is 1. The summed E-state index contributed by atoms with van der Waals surface area (Å²) in [7, 11) is 0. The Balaban J connectivity index is 0.00000242. The van der Waals surface area contributed by atoms with Crippen molar-refractivity contribution in [2.24, 2.45) is 0 Å². The summed E-state index contributed by atoms with van der Waals surface area (Å²) in [6, 6.07) is 6.85. The first-order valence-corrected chi connectivity index (χ1v) is 7.58. The van der Waals surface area contributed by atoms with Crippen molar-refractivity contribution in [1.29, 1.82) is 0 Å². The molecule has 2 rings (SSSR count). The molecule has 0 bridgehead atoms. The number of amides is 2. The number of carbonyl (C=O) groups excluding carboxylic acids is 2. The van der Waals surface area contributed by atoms with Gasteiger partial charge in [-0.05, 0) is 43.5 Å². The highest BCUT2D eigenvalue weighted by Crippen LogP contribution is 2.11. The number of nitrogens with two attached hydrogens (primary N) is 1. The fourth-order valence-corrected chi connectivity index (χ4v) is 2.48. The Morgan fingerprint density at radius 3 is 2.64 bits per heavy atom. The molecule has 1 fully saturated rings. The third-order valence-electron chi connectivity index (χ3n) is 3.73. The number of rotatable bonds is 5. The van der Waals surface area contributed by atoms with Crippen molar-refractivity contribution in [3.8, 4) is 0 Å². The molecule has 1 aromatic carbocycles. The van der Waals surface area contributed by atoms with E-state index in [1.165, 1.54) is 0 Å². The predicted octanol–water partition coefficient (Wildman–Crippen LogP) is 2.21. The summed E-state index contributed by atoms with van der Waals surface area (Å²) in [5.41, 5.74) is 6.84. The molecule has 0 atom stereocenters. The molecular weight excluding hydrogens is 302 g/mol. The van der Waals surface area contributed by atoms with Gasteiger partial charge in [-0.3, -0.25) is 9.59 Å². The zero-order valence-electron chi connectivity index (χ0n) is 12.7. The van der Waals surface area contributed by atoms with E-state index in [2.05, 4.69) is 5.32 Å². The number of hydrogen-bond acceptors (Lipinski definition) is 3. The number of likely N-dealkylation sites (tertiary alicyclic amines) is 1. The van der Waals surface area contributed by atoms with E-state index in [4.69, 9.17) is 5.73 Å². The molecule has 0 spiro atoms. The van der Waals surface area contributed by atoms with E-state index in [9.17, 15) is 9.59 Å². The highest BCUT2D eigenvalue weighted by atomic mass is 35.5. The largest absolute Gasteiger partial charge is 0.399 e. The molecular formula is C16H24ClN3O2. The Bertz CT molecular complexity index is 491. The Morgan fingerprint density at radius 2 is 1.91 bits per heavy atom. The van der Waals surface area contributed by atoms with E-state index in [0.717, 1.165) is 38.8 Å². The van der Waals surface area contributed by atoms with Crippen molar-refractivity contribution >= 4 is 29.9 Å². The molecule has 0 saturated carbocycles. The summed E-state index contributed by atoms with van der Waals surface area (Å²) in [5, 5.41) is 2.87. The number of benzene rings is 1. The SMILES string of the molecule is Cl.Nc1ccc(C(=O)NCCCN2CCCCCC2=O)cc1. The third-order valence-corrected chi connectivity index (χ3v) is 3.73. The zero-order chi connectivity index (χ0) is 15.1. The molecule has 1 heterocycles. The molecule has 3 N–H and O–H groups in total. The average Bonchev–Trinajstić information content (AvgIpc) is 2.69. The number of nitrogens with zero attached hydrogens (tertiary/aromatic N) is 1. The smallest absolute Gasteiger partial charge is 0.251 e. The predicted molar refractivity (Wildman–Crippen MR) is 90.1 cm³/mol. The van der Waals surface area contributed by atoms with Crippen LogP contribution in [0.2, 0.25) is 0 Å². The standard InChI is InChI=1S/C16H23N3O2.ClH/c17-14-8-6-13(7-9-14)16(21)18-10-4-12-19-11-3-1-2-5-15(19)20;/h6-9H,1-5,10-12,17H2,(H,18,21);1H. The molecule has 0 unspecified atom stereocenters. The van der Waals surface area contributed by atoms with E-state index in [-0.39, 0.29) is 24.2 Å². The third kappa shape index (κ3) is 5.56. The van der Waals surface area contributed by atoms with Gasteiger partial charge < -0.3 is 16.0 Å². The van der Waals surface area contributed by atoms with Gasteiger partial charge in [-0.1, -0.05) is 6.42 Å². The highest BCUT2D eigenvalue weighted by molar-refractivity contribution is 5.94. The first kappa shape index (κ1) is 18.3. The Hall–Kier alpha value is -1.75. The minimum absolute atomic E-state index is 0. The summed E-state index contributed by atoms with van der Waals surface area (Å²) in [6.45, 7) is 2.15. The zero-order valence-corrected chi connectivity index (χ0v) is 13.5.